The zero-order valence-corrected chi connectivity index (χ0v) is 11.3. The van der Waals surface area contributed by atoms with Gasteiger partial charge in [-0.25, -0.2) is 0 Å². The Labute approximate surface area is 117 Å². The van der Waals surface area contributed by atoms with Crippen LogP contribution in [0.15, 0.2) is 59.0 Å². The first-order valence-corrected chi connectivity index (χ1v) is 6.57. The van der Waals surface area contributed by atoms with Crippen LogP contribution < -0.4 is 5.32 Å². The van der Waals surface area contributed by atoms with Crippen molar-refractivity contribution in [3.63, 3.8) is 0 Å². The summed E-state index contributed by atoms with van der Waals surface area (Å²) in [5, 5.41) is 5.13. The maximum atomic E-state index is 5.93. The highest BCUT2D eigenvalue weighted by atomic mass is 35.5. The second kappa shape index (κ2) is 5.08. The van der Waals surface area contributed by atoms with E-state index in [0.29, 0.717) is 0 Å². The van der Waals surface area contributed by atoms with Gasteiger partial charge in [0.15, 0.2) is 0 Å². The molecule has 0 radical (unpaired) electrons. The molecule has 0 amide bonds. The molecule has 0 spiro atoms. The fourth-order valence-corrected chi connectivity index (χ4v) is 2.40. The SMILES string of the molecule is CNC(c1ccc(Cl)cc1)c1cc2ccccc2o1. The molecule has 1 N–H and O–H groups in total. The highest BCUT2D eigenvalue weighted by molar-refractivity contribution is 6.30. The van der Waals surface area contributed by atoms with Gasteiger partial charge in [0.25, 0.3) is 0 Å². The smallest absolute Gasteiger partial charge is 0.134 e. The van der Waals surface area contributed by atoms with E-state index in [9.17, 15) is 0 Å². The van der Waals surface area contributed by atoms with E-state index in [0.717, 1.165) is 27.3 Å². The van der Waals surface area contributed by atoms with E-state index in [-0.39, 0.29) is 6.04 Å². The number of para-hydroxylation sites is 1. The normalized spacial score (nSPS) is 12.7. The Morgan fingerprint density at radius 2 is 1.79 bits per heavy atom. The van der Waals surface area contributed by atoms with Gasteiger partial charge in [0.1, 0.15) is 11.3 Å². The maximum absolute atomic E-state index is 5.93. The van der Waals surface area contributed by atoms with Crippen molar-refractivity contribution in [3.05, 3.63) is 70.9 Å². The zero-order valence-electron chi connectivity index (χ0n) is 10.6. The molecule has 0 bridgehead atoms. The molecule has 3 heteroatoms. The van der Waals surface area contributed by atoms with Crippen molar-refractivity contribution in [3.8, 4) is 0 Å². The van der Waals surface area contributed by atoms with Gasteiger partial charge in [0.2, 0.25) is 0 Å². The summed E-state index contributed by atoms with van der Waals surface area (Å²) < 4.78 is 5.91. The van der Waals surface area contributed by atoms with Gasteiger partial charge < -0.3 is 9.73 Å². The molecule has 96 valence electrons. The molecule has 0 saturated heterocycles. The summed E-state index contributed by atoms with van der Waals surface area (Å²) in [7, 11) is 1.92. The molecule has 2 aromatic carbocycles. The Balaban J connectivity index is 2.04. The van der Waals surface area contributed by atoms with Gasteiger partial charge >= 0.3 is 0 Å². The van der Waals surface area contributed by atoms with E-state index in [2.05, 4.69) is 17.4 Å². The fourth-order valence-electron chi connectivity index (χ4n) is 2.27. The monoisotopic (exact) mass is 271 g/mol. The van der Waals surface area contributed by atoms with Crippen LogP contribution >= 0.6 is 11.6 Å². The molecule has 0 saturated carbocycles. The predicted molar refractivity (Wildman–Crippen MR) is 78.6 cm³/mol. The van der Waals surface area contributed by atoms with Gasteiger partial charge in [-0.15, -0.1) is 0 Å². The summed E-state index contributed by atoms with van der Waals surface area (Å²) in [5.41, 5.74) is 2.04. The Hall–Kier alpha value is -1.77. The molecule has 0 aliphatic heterocycles. The fraction of sp³-hybridized carbons (Fsp3) is 0.125. The van der Waals surface area contributed by atoms with Crippen molar-refractivity contribution in [2.24, 2.45) is 0 Å². The van der Waals surface area contributed by atoms with Crippen molar-refractivity contribution in [2.75, 3.05) is 7.05 Å². The average molecular weight is 272 g/mol. The summed E-state index contributed by atoms with van der Waals surface area (Å²) in [4.78, 5) is 0. The summed E-state index contributed by atoms with van der Waals surface area (Å²) >= 11 is 5.93. The van der Waals surface area contributed by atoms with E-state index in [4.69, 9.17) is 16.0 Å². The van der Waals surface area contributed by atoms with Crippen molar-refractivity contribution in [1.82, 2.24) is 5.32 Å². The molecule has 1 atom stereocenters. The van der Waals surface area contributed by atoms with Crippen LogP contribution in [0.2, 0.25) is 5.02 Å². The number of fused-ring (bicyclic) bond motifs is 1. The molecule has 0 fully saturated rings. The minimum absolute atomic E-state index is 0.0321. The quantitative estimate of drug-likeness (QED) is 0.764. The third-order valence-corrected chi connectivity index (χ3v) is 3.47. The van der Waals surface area contributed by atoms with E-state index in [1.807, 2.05) is 49.5 Å². The molecule has 1 unspecified atom stereocenters. The van der Waals surface area contributed by atoms with Gasteiger partial charge in [0, 0.05) is 10.4 Å². The number of furan rings is 1. The van der Waals surface area contributed by atoms with E-state index >= 15 is 0 Å². The van der Waals surface area contributed by atoms with Crippen molar-refractivity contribution in [2.45, 2.75) is 6.04 Å². The number of hydrogen-bond donors (Lipinski definition) is 1. The standard InChI is InChI=1S/C16H14ClNO/c1-18-16(11-6-8-13(17)9-7-11)15-10-12-4-2-3-5-14(12)19-15/h2-10,16,18H,1H3. The Morgan fingerprint density at radius 1 is 1.05 bits per heavy atom. The van der Waals surface area contributed by atoms with Crippen LogP contribution in [-0.2, 0) is 0 Å². The Morgan fingerprint density at radius 3 is 2.47 bits per heavy atom. The van der Waals surface area contributed by atoms with Crippen LogP contribution in [0.1, 0.15) is 17.4 Å². The van der Waals surface area contributed by atoms with Gasteiger partial charge in [-0.2, -0.15) is 0 Å². The highest BCUT2D eigenvalue weighted by Gasteiger charge is 2.16. The lowest BCUT2D eigenvalue weighted by molar-refractivity contribution is 0.491. The van der Waals surface area contributed by atoms with Crippen LogP contribution in [0.3, 0.4) is 0 Å². The Bertz CT molecular complexity index is 654. The van der Waals surface area contributed by atoms with E-state index < -0.39 is 0 Å². The molecule has 2 nitrogen and oxygen atoms in total. The molecule has 0 aliphatic carbocycles. The number of benzene rings is 2. The summed E-state index contributed by atoms with van der Waals surface area (Å²) in [6, 6.07) is 17.9. The highest BCUT2D eigenvalue weighted by Crippen LogP contribution is 2.28. The molecular weight excluding hydrogens is 258 g/mol. The van der Waals surface area contributed by atoms with Gasteiger partial charge in [-0.1, -0.05) is 41.9 Å². The third kappa shape index (κ3) is 2.37. The number of halogens is 1. The van der Waals surface area contributed by atoms with E-state index in [1.54, 1.807) is 0 Å². The maximum Gasteiger partial charge on any atom is 0.134 e. The summed E-state index contributed by atoms with van der Waals surface area (Å²) in [6.45, 7) is 0. The first-order chi connectivity index (χ1) is 9.28. The molecule has 0 aliphatic rings. The molecule has 1 heterocycles. The van der Waals surface area contributed by atoms with Crippen LogP contribution in [0.25, 0.3) is 11.0 Å². The lowest BCUT2D eigenvalue weighted by atomic mass is 10.0. The number of rotatable bonds is 3. The van der Waals surface area contributed by atoms with Crippen molar-refractivity contribution < 1.29 is 4.42 Å². The lowest BCUT2D eigenvalue weighted by Crippen LogP contribution is -2.16. The lowest BCUT2D eigenvalue weighted by Gasteiger charge is -2.13. The largest absolute Gasteiger partial charge is 0.459 e. The first kappa shape index (κ1) is 12.3. The topological polar surface area (TPSA) is 25.2 Å². The summed E-state index contributed by atoms with van der Waals surface area (Å²) in [5.74, 6) is 0.908. The number of hydrogen-bond acceptors (Lipinski definition) is 2. The predicted octanol–water partition coefficient (Wildman–Crippen LogP) is 4.40. The first-order valence-electron chi connectivity index (χ1n) is 6.19. The molecular formula is C16H14ClNO. The summed E-state index contributed by atoms with van der Waals surface area (Å²) in [6.07, 6.45) is 0. The molecule has 3 rings (SSSR count). The molecule has 3 aromatic rings. The second-order valence-electron chi connectivity index (χ2n) is 4.46. The minimum atomic E-state index is 0.0321. The van der Waals surface area contributed by atoms with Crippen LogP contribution in [0.5, 0.6) is 0 Å². The van der Waals surface area contributed by atoms with Crippen molar-refractivity contribution >= 4 is 22.6 Å². The van der Waals surface area contributed by atoms with Crippen molar-refractivity contribution in [1.29, 1.82) is 0 Å². The third-order valence-electron chi connectivity index (χ3n) is 3.22. The van der Waals surface area contributed by atoms with Crippen LogP contribution in [0, 0.1) is 0 Å². The zero-order chi connectivity index (χ0) is 13.2. The Kier molecular flexibility index (Phi) is 3.28. The average Bonchev–Trinajstić information content (AvgIpc) is 2.85. The van der Waals surface area contributed by atoms with Gasteiger partial charge in [-0.05, 0) is 36.9 Å². The van der Waals surface area contributed by atoms with Gasteiger partial charge in [0.05, 0.1) is 6.04 Å². The number of nitrogens with one attached hydrogen (secondary N) is 1. The van der Waals surface area contributed by atoms with Gasteiger partial charge in [-0.3, -0.25) is 0 Å². The molecule has 19 heavy (non-hydrogen) atoms. The van der Waals surface area contributed by atoms with Crippen LogP contribution in [-0.4, -0.2) is 7.05 Å². The minimum Gasteiger partial charge on any atom is -0.459 e. The van der Waals surface area contributed by atoms with Crippen LogP contribution in [0.4, 0.5) is 0 Å². The molecule has 1 aromatic heterocycles. The second-order valence-corrected chi connectivity index (χ2v) is 4.90. The van der Waals surface area contributed by atoms with E-state index in [1.165, 1.54) is 0 Å².